The standard InChI is InChI=1S/C15H11BrN4/c16-12-6-2-1-5-11(12)14-8-13(19-15(17)20-14)10-4-3-7-18-9-10/h1-9H,(H2,17,19,20). The van der Waals surface area contributed by atoms with Gasteiger partial charge in [0, 0.05) is 28.0 Å². The Morgan fingerprint density at radius 3 is 2.50 bits per heavy atom. The number of nitrogens with two attached hydrogens (primary N) is 1. The van der Waals surface area contributed by atoms with Gasteiger partial charge in [-0.3, -0.25) is 4.98 Å². The van der Waals surface area contributed by atoms with Gasteiger partial charge in [-0.25, -0.2) is 9.97 Å². The average Bonchev–Trinajstić information content (AvgIpc) is 2.48. The van der Waals surface area contributed by atoms with E-state index in [0.717, 1.165) is 27.0 Å². The van der Waals surface area contributed by atoms with Crippen LogP contribution in [0.25, 0.3) is 22.5 Å². The van der Waals surface area contributed by atoms with Crippen LogP contribution >= 0.6 is 15.9 Å². The average molecular weight is 327 g/mol. The molecule has 0 atom stereocenters. The highest BCUT2D eigenvalue weighted by Gasteiger charge is 2.09. The maximum absolute atomic E-state index is 5.83. The fraction of sp³-hybridized carbons (Fsp3) is 0. The molecule has 0 radical (unpaired) electrons. The molecule has 2 aromatic heterocycles. The minimum absolute atomic E-state index is 0.247. The lowest BCUT2D eigenvalue weighted by Crippen LogP contribution is -1.99. The van der Waals surface area contributed by atoms with Crippen LogP contribution in [0.5, 0.6) is 0 Å². The number of aromatic nitrogens is 3. The van der Waals surface area contributed by atoms with E-state index in [-0.39, 0.29) is 5.95 Å². The topological polar surface area (TPSA) is 64.7 Å². The van der Waals surface area contributed by atoms with Crippen molar-refractivity contribution in [3.63, 3.8) is 0 Å². The normalized spacial score (nSPS) is 10.4. The summed E-state index contributed by atoms with van der Waals surface area (Å²) in [7, 11) is 0. The predicted octanol–water partition coefficient (Wildman–Crippen LogP) is 3.55. The first-order valence-electron chi connectivity index (χ1n) is 6.04. The lowest BCUT2D eigenvalue weighted by molar-refractivity contribution is 1.18. The molecule has 98 valence electrons. The van der Waals surface area contributed by atoms with Crippen molar-refractivity contribution in [2.75, 3.05) is 5.73 Å². The molecular formula is C15H11BrN4. The summed E-state index contributed by atoms with van der Waals surface area (Å²) in [5.41, 5.74) is 9.26. The van der Waals surface area contributed by atoms with E-state index in [2.05, 4.69) is 30.9 Å². The molecular weight excluding hydrogens is 316 g/mol. The second-order valence-electron chi connectivity index (χ2n) is 4.22. The number of hydrogen-bond donors (Lipinski definition) is 1. The van der Waals surface area contributed by atoms with E-state index in [1.165, 1.54) is 0 Å². The molecule has 0 aliphatic rings. The Labute approximate surface area is 124 Å². The smallest absolute Gasteiger partial charge is 0.221 e. The van der Waals surface area contributed by atoms with Crippen LogP contribution in [0.15, 0.2) is 59.3 Å². The van der Waals surface area contributed by atoms with Crippen LogP contribution in [0.3, 0.4) is 0 Å². The Bertz CT molecular complexity index is 744. The molecule has 3 rings (SSSR count). The van der Waals surface area contributed by atoms with Crippen molar-refractivity contribution in [2.45, 2.75) is 0 Å². The van der Waals surface area contributed by atoms with E-state index in [9.17, 15) is 0 Å². The molecule has 1 aromatic carbocycles. The highest BCUT2D eigenvalue weighted by Crippen LogP contribution is 2.29. The van der Waals surface area contributed by atoms with E-state index in [1.807, 2.05) is 42.5 Å². The summed E-state index contributed by atoms with van der Waals surface area (Å²) in [5, 5.41) is 0. The number of nitrogen functional groups attached to an aromatic ring is 1. The summed E-state index contributed by atoms with van der Waals surface area (Å²) in [6.07, 6.45) is 3.48. The van der Waals surface area contributed by atoms with Crippen molar-refractivity contribution in [3.8, 4) is 22.5 Å². The van der Waals surface area contributed by atoms with Crippen molar-refractivity contribution >= 4 is 21.9 Å². The van der Waals surface area contributed by atoms with Crippen LogP contribution in [0.1, 0.15) is 0 Å². The van der Waals surface area contributed by atoms with E-state index in [0.29, 0.717) is 0 Å². The molecule has 4 nitrogen and oxygen atoms in total. The second-order valence-corrected chi connectivity index (χ2v) is 5.07. The van der Waals surface area contributed by atoms with Gasteiger partial charge in [-0.15, -0.1) is 0 Å². The summed E-state index contributed by atoms with van der Waals surface area (Å²) < 4.78 is 0.968. The first-order valence-corrected chi connectivity index (χ1v) is 6.83. The summed E-state index contributed by atoms with van der Waals surface area (Å²) in [6, 6.07) is 13.6. The monoisotopic (exact) mass is 326 g/mol. The van der Waals surface area contributed by atoms with Crippen molar-refractivity contribution in [3.05, 3.63) is 59.3 Å². The molecule has 20 heavy (non-hydrogen) atoms. The highest BCUT2D eigenvalue weighted by atomic mass is 79.9. The first-order chi connectivity index (χ1) is 9.74. The molecule has 0 spiro atoms. The minimum Gasteiger partial charge on any atom is -0.368 e. The van der Waals surface area contributed by atoms with Crippen molar-refractivity contribution in [1.29, 1.82) is 0 Å². The number of nitrogens with zero attached hydrogens (tertiary/aromatic N) is 3. The van der Waals surface area contributed by atoms with Crippen LogP contribution in [-0.2, 0) is 0 Å². The Morgan fingerprint density at radius 2 is 1.75 bits per heavy atom. The van der Waals surface area contributed by atoms with Gasteiger partial charge in [-0.1, -0.05) is 34.1 Å². The van der Waals surface area contributed by atoms with Gasteiger partial charge in [-0.2, -0.15) is 0 Å². The number of hydrogen-bond acceptors (Lipinski definition) is 4. The molecule has 0 fully saturated rings. The number of anilines is 1. The quantitative estimate of drug-likeness (QED) is 0.782. The lowest BCUT2D eigenvalue weighted by Gasteiger charge is -2.07. The summed E-state index contributed by atoms with van der Waals surface area (Å²) >= 11 is 3.52. The van der Waals surface area contributed by atoms with E-state index in [4.69, 9.17) is 5.73 Å². The third-order valence-corrected chi connectivity index (χ3v) is 3.54. The first kappa shape index (κ1) is 12.7. The fourth-order valence-corrected chi connectivity index (χ4v) is 2.42. The van der Waals surface area contributed by atoms with Crippen LogP contribution in [-0.4, -0.2) is 15.0 Å². The van der Waals surface area contributed by atoms with Gasteiger partial charge in [0.05, 0.1) is 11.4 Å². The zero-order chi connectivity index (χ0) is 13.9. The summed E-state index contributed by atoms with van der Waals surface area (Å²) in [6.45, 7) is 0. The lowest BCUT2D eigenvalue weighted by atomic mass is 10.1. The number of rotatable bonds is 2. The molecule has 0 bridgehead atoms. The third-order valence-electron chi connectivity index (χ3n) is 2.85. The highest BCUT2D eigenvalue weighted by molar-refractivity contribution is 9.10. The Morgan fingerprint density at radius 1 is 0.950 bits per heavy atom. The number of pyridine rings is 1. The van der Waals surface area contributed by atoms with Gasteiger partial charge in [0.1, 0.15) is 0 Å². The molecule has 0 saturated carbocycles. The molecule has 2 N–H and O–H groups in total. The molecule has 0 aliphatic heterocycles. The van der Waals surface area contributed by atoms with Crippen molar-refractivity contribution in [2.24, 2.45) is 0 Å². The molecule has 0 amide bonds. The molecule has 0 saturated heterocycles. The van der Waals surface area contributed by atoms with Gasteiger partial charge >= 0.3 is 0 Å². The molecule has 5 heteroatoms. The maximum atomic E-state index is 5.83. The van der Waals surface area contributed by atoms with E-state index >= 15 is 0 Å². The molecule has 2 heterocycles. The maximum Gasteiger partial charge on any atom is 0.221 e. The van der Waals surface area contributed by atoms with Crippen LogP contribution in [0.4, 0.5) is 5.95 Å². The van der Waals surface area contributed by atoms with Crippen LogP contribution < -0.4 is 5.73 Å². The van der Waals surface area contributed by atoms with Crippen molar-refractivity contribution < 1.29 is 0 Å². The second kappa shape index (κ2) is 5.38. The fourth-order valence-electron chi connectivity index (χ4n) is 1.93. The zero-order valence-corrected chi connectivity index (χ0v) is 12.1. The number of benzene rings is 1. The van der Waals surface area contributed by atoms with Gasteiger partial charge < -0.3 is 5.73 Å². The molecule has 3 aromatic rings. The van der Waals surface area contributed by atoms with E-state index < -0.39 is 0 Å². The third kappa shape index (κ3) is 2.53. The van der Waals surface area contributed by atoms with E-state index in [1.54, 1.807) is 12.4 Å². The van der Waals surface area contributed by atoms with Gasteiger partial charge in [0.2, 0.25) is 5.95 Å². The Hall–Kier alpha value is -2.27. The van der Waals surface area contributed by atoms with Crippen LogP contribution in [0, 0.1) is 0 Å². The molecule has 0 aliphatic carbocycles. The van der Waals surface area contributed by atoms with Gasteiger partial charge in [-0.05, 0) is 24.3 Å². The summed E-state index contributed by atoms with van der Waals surface area (Å²) in [5.74, 6) is 0.247. The van der Waals surface area contributed by atoms with Crippen LogP contribution in [0.2, 0.25) is 0 Å². The number of halogens is 1. The predicted molar refractivity (Wildman–Crippen MR) is 82.8 cm³/mol. The van der Waals surface area contributed by atoms with Gasteiger partial charge in [0.15, 0.2) is 0 Å². The Balaban J connectivity index is 2.15. The molecule has 0 unspecified atom stereocenters. The largest absolute Gasteiger partial charge is 0.368 e. The SMILES string of the molecule is Nc1nc(-c2cccnc2)cc(-c2ccccc2Br)n1. The summed E-state index contributed by atoms with van der Waals surface area (Å²) in [4.78, 5) is 12.7. The van der Waals surface area contributed by atoms with Crippen molar-refractivity contribution in [1.82, 2.24) is 15.0 Å². The zero-order valence-electron chi connectivity index (χ0n) is 10.5. The van der Waals surface area contributed by atoms with Gasteiger partial charge in [0.25, 0.3) is 0 Å². The Kier molecular flexibility index (Phi) is 3.43. The minimum atomic E-state index is 0.247.